The number of ether oxygens (including phenoxy) is 2. The molecule has 1 aliphatic heterocycles. The van der Waals surface area contributed by atoms with Gasteiger partial charge in [-0.3, -0.25) is 9.69 Å². The molecule has 1 amide bonds. The van der Waals surface area contributed by atoms with E-state index in [9.17, 15) is 4.79 Å². The highest BCUT2D eigenvalue weighted by molar-refractivity contribution is 6.00. The van der Waals surface area contributed by atoms with Crippen LogP contribution in [0, 0.1) is 0 Å². The molecular weight excluding hydrogens is 464 g/mol. The van der Waals surface area contributed by atoms with Gasteiger partial charge < -0.3 is 14.8 Å². The molecule has 1 aliphatic rings. The second-order valence-corrected chi connectivity index (χ2v) is 9.25. The van der Waals surface area contributed by atoms with Crippen LogP contribution in [0.5, 0.6) is 11.5 Å². The summed E-state index contributed by atoms with van der Waals surface area (Å²) in [7, 11) is 3.23. The average Bonchev–Trinajstić information content (AvgIpc) is 3.40. The molecule has 0 bridgehead atoms. The zero-order valence-corrected chi connectivity index (χ0v) is 21.3. The summed E-state index contributed by atoms with van der Waals surface area (Å²) in [6.07, 6.45) is 3.61. The summed E-state index contributed by atoms with van der Waals surface area (Å²) < 4.78 is 12.8. The van der Waals surface area contributed by atoms with Gasteiger partial charge in [0.05, 0.1) is 25.5 Å². The molecule has 37 heavy (non-hydrogen) atoms. The SMILES string of the molecule is COc1ccc(OC)c(-c2nn(-c3ccccc3)cc2C(=O)NC2CCN(Cc3ccccc3)CC2)c1. The first kappa shape index (κ1) is 24.6. The molecule has 1 saturated heterocycles. The maximum absolute atomic E-state index is 13.6. The number of hydrogen-bond donors (Lipinski definition) is 1. The van der Waals surface area contributed by atoms with Gasteiger partial charge in [0.25, 0.3) is 5.91 Å². The molecule has 0 saturated carbocycles. The number of likely N-dealkylation sites (tertiary alicyclic amines) is 1. The number of methoxy groups -OCH3 is 2. The molecule has 7 heteroatoms. The first-order valence-electron chi connectivity index (χ1n) is 12.6. The number of amides is 1. The number of hydrogen-bond acceptors (Lipinski definition) is 5. The molecule has 5 rings (SSSR count). The zero-order valence-electron chi connectivity index (χ0n) is 21.3. The normalized spacial score (nSPS) is 14.3. The molecule has 7 nitrogen and oxygen atoms in total. The average molecular weight is 497 g/mol. The van der Waals surface area contributed by atoms with E-state index in [4.69, 9.17) is 14.6 Å². The van der Waals surface area contributed by atoms with E-state index in [1.165, 1.54) is 5.56 Å². The molecule has 1 aromatic heterocycles. The standard InChI is InChI=1S/C30H32N4O3/c1-36-25-13-14-28(37-2)26(19-25)29-27(21-34(32-29)24-11-7-4-8-12-24)30(35)31-23-15-17-33(18-16-23)20-22-9-5-3-6-10-22/h3-14,19,21,23H,15-18,20H2,1-2H3,(H,31,35). The molecule has 0 spiro atoms. The second-order valence-electron chi connectivity index (χ2n) is 9.25. The molecular formula is C30H32N4O3. The molecule has 0 atom stereocenters. The fourth-order valence-electron chi connectivity index (χ4n) is 4.79. The summed E-state index contributed by atoms with van der Waals surface area (Å²) in [6.45, 7) is 2.82. The fraction of sp³-hybridized carbons (Fsp3) is 0.267. The Morgan fingerprint density at radius 1 is 0.946 bits per heavy atom. The summed E-state index contributed by atoms with van der Waals surface area (Å²) in [6, 6.07) is 25.9. The van der Waals surface area contributed by atoms with Crippen LogP contribution >= 0.6 is 0 Å². The summed E-state index contributed by atoms with van der Waals surface area (Å²) >= 11 is 0. The maximum atomic E-state index is 13.6. The van der Waals surface area contributed by atoms with Gasteiger partial charge in [0.15, 0.2) is 0 Å². The van der Waals surface area contributed by atoms with Crippen LogP contribution in [0.2, 0.25) is 0 Å². The van der Waals surface area contributed by atoms with Crippen LogP contribution in [0.25, 0.3) is 16.9 Å². The van der Waals surface area contributed by atoms with Gasteiger partial charge in [0.2, 0.25) is 0 Å². The number of carbonyl (C=O) groups is 1. The topological polar surface area (TPSA) is 68.6 Å². The van der Waals surface area contributed by atoms with Gasteiger partial charge in [-0.15, -0.1) is 0 Å². The molecule has 0 unspecified atom stereocenters. The van der Waals surface area contributed by atoms with E-state index in [2.05, 4.69) is 34.5 Å². The van der Waals surface area contributed by atoms with Crippen LogP contribution in [0.4, 0.5) is 0 Å². The van der Waals surface area contributed by atoms with Gasteiger partial charge in [-0.05, 0) is 48.7 Å². The zero-order chi connectivity index (χ0) is 25.6. The summed E-state index contributed by atoms with van der Waals surface area (Å²) in [5.41, 5.74) is 3.95. The number of piperidine rings is 1. The van der Waals surface area contributed by atoms with Crippen molar-refractivity contribution in [2.45, 2.75) is 25.4 Å². The minimum atomic E-state index is -0.136. The van der Waals surface area contributed by atoms with Crippen molar-refractivity contribution in [3.63, 3.8) is 0 Å². The minimum Gasteiger partial charge on any atom is -0.497 e. The lowest BCUT2D eigenvalue weighted by atomic mass is 10.0. The third kappa shape index (κ3) is 5.67. The van der Waals surface area contributed by atoms with Gasteiger partial charge in [0.1, 0.15) is 17.2 Å². The lowest BCUT2D eigenvalue weighted by molar-refractivity contribution is 0.0909. The molecule has 3 aromatic carbocycles. The van der Waals surface area contributed by atoms with Crippen LogP contribution < -0.4 is 14.8 Å². The van der Waals surface area contributed by atoms with Crippen LogP contribution in [0.15, 0.2) is 85.1 Å². The number of nitrogens with zero attached hydrogens (tertiary/aromatic N) is 3. The first-order chi connectivity index (χ1) is 18.1. The minimum absolute atomic E-state index is 0.111. The third-order valence-corrected chi connectivity index (χ3v) is 6.81. The molecule has 1 N–H and O–H groups in total. The van der Waals surface area contributed by atoms with Gasteiger partial charge in [-0.25, -0.2) is 4.68 Å². The van der Waals surface area contributed by atoms with E-state index in [-0.39, 0.29) is 11.9 Å². The van der Waals surface area contributed by atoms with Gasteiger partial charge in [0, 0.05) is 37.4 Å². The Morgan fingerprint density at radius 2 is 1.65 bits per heavy atom. The van der Waals surface area contributed by atoms with E-state index in [1.807, 2.05) is 54.6 Å². The van der Waals surface area contributed by atoms with Crippen molar-refractivity contribution in [2.75, 3.05) is 27.3 Å². The van der Waals surface area contributed by atoms with Crippen molar-refractivity contribution in [2.24, 2.45) is 0 Å². The van der Waals surface area contributed by atoms with Crippen LogP contribution in [-0.4, -0.2) is 53.9 Å². The summed E-state index contributed by atoms with van der Waals surface area (Å²) in [5, 5.41) is 8.09. The Hall–Kier alpha value is -4.10. The maximum Gasteiger partial charge on any atom is 0.255 e. The highest BCUT2D eigenvalue weighted by Gasteiger charge is 2.26. The highest BCUT2D eigenvalue weighted by Crippen LogP contribution is 2.35. The molecule has 2 heterocycles. The monoisotopic (exact) mass is 496 g/mol. The van der Waals surface area contributed by atoms with E-state index in [0.717, 1.165) is 38.2 Å². The Morgan fingerprint density at radius 3 is 2.32 bits per heavy atom. The van der Waals surface area contributed by atoms with Crippen molar-refractivity contribution in [1.82, 2.24) is 20.0 Å². The Bertz CT molecular complexity index is 1330. The summed E-state index contributed by atoms with van der Waals surface area (Å²) in [5.74, 6) is 1.16. The van der Waals surface area contributed by atoms with Crippen LogP contribution in [0.3, 0.4) is 0 Å². The Balaban J connectivity index is 1.37. The van der Waals surface area contributed by atoms with Crippen molar-refractivity contribution in [3.05, 3.63) is 96.2 Å². The second kappa shape index (κ2) is 11.3. The highest BCUT2D eigenvalue weighted by atomic mass is 16.5. The van der Waals surface area contributed by atoms with Gasteiger partial charge in [-0.2, -0.15) is 5.10 Å². The molecule has 1 fully saturated rings. The smallest absolute Gasteiger partial charge is 0.255 e. The van der Waals surface area contributed by atoms with Crippen molar-refractivity contribution in [3.8, 4) is 28.4 Å². The number of aromatic nitrogens is 2. The fourth-order valence-corrected chi connectivity index (χ4v) is 4.79. The Labute approximate surface area is 217 Å². The number of benzene rings is 3. The van der Waals surface area contributed by atoms with Crippen LogP contribution in [-0.2, 0) is 6.54 Å². The Kier molecular flexibility index (Phi) is 7.51. The van der Waals surface area contributed by atoms with E-state index in [0.29, 0.717) is 28.3 Å². The lowest BCUT2D eigenvalue weighted by Gasteiger charge is -2.32. The van der Waals surface area contributed by atoms with Gasteiger partial charge in [-0.1, -0.05) is 48.5 Å². The lowest BCUT2D eigenvalue weighted by Crippen LogP contribution is -2.44. The number of nitrogens with one attached hydrogen (secondary N) is 1. The largest absolute Gasteiger partial charge is 0.497 e. The molecule has 190 valence electrons. The van der Waals surface area contributed by atoms with Crippen molar-refractivity contribution in [1.29, 1.82) is 0 Å². The van der Waals surface area contributed by atoms with E-state index < -0.39 is 0 Å². The van der Waals surface area contributed by atoms with Crippen LogP contribution in [0.1, 0.15) is 28.8 Å². The molecule has 0 aliphatic carbocycles. The van der Waals surface area contributed by atoms with E-state index >= 15 is 0 Å². The first-order valence-corrected chi connectivity index (χ1v) is 12.6. The third-order valence-electron chi connectivity index (χ3n) is 6.81. The van der Waals surface area contributed by atoms with Gasteiger partial charge >= 0.3 is 0 Å². The summed E-state index contributed by atoms with van der Waals surface area (Å²) in [4.78, 5) is 16.1. The van der Waals surface area contributed by atoms with E-state index in [1.54, 1.807) is 25.1 Å². The quantitative estimate of drug-likeness (QED) is 0.374. The predicted octanol–water partition coefficient (Wildman–Crippen LogP) is 4.95. The number of para-hydroxylation sites is 1. The molecule has 0 radical (unpaired) electrons. The molecule has 4 aromatic rings. The van der Waals surface area contributed by atoms with Crippen molar-refractivity contribution < 1.29 is 14.3 Å². The predicted molar refractivity (Wildman–Crippen MR) is 144 cm³/mol. The number of carbonyl (C=O) groups excluding carboxylic acids is 1. The number of rotatable bonds is 8. The van der Waals surface area contributed by atoms with Crippen molar-refractivity contribution >= 4 is 5.91 Å².